The molecule has 6 rings (SSSR count). The quantitative estimate of drug-likeness (QED) is 0.355. The van der Waals surface area contributed by atoms with Gasteiger partial charge in [-0.25, -0.2) is 31.2 Å². The largest absolute Gasteiger partial charge is 0.444 e. The number of hydrogen-bond donors (Lipinski definition) is 3. The van der Waals surface area contributed by atoms with E-state index in [4.69, 9.17) is 9.47 Å². The molecule has 2 aromatic carbocycles. The lowest BCUT2D eigenvalue weighted by atomic mass is 10.0. The third kappa shape index (κ3) is 10.1. The van der Waals surface area contributed by atoms with E-state index < -0.39 is 98.4 Å². The Bertz CT molecular complexity index is 2060. The van der Waals surface area contributed by atoms with Crippen molar-refractivity contribution in [2.45, 2.75) is 114 Å². The van der Waals surface area contributed by atoms with Crippen LogP contribution in [0.2, 0.25) is 0 Å². The van der Waals surface area contributed by atoms with E-state index in [-0.39, 0.29) is 44.5 Å². The summed E-state index contributed by atoms with van der Waals surface area (Å²) in [6.45, 7) is 4.74. The van der Waals surface area contributed by atoms with E-state index in [1.807, 2.05) is 10.8 Å². The minimum Gasteiger partial charge on any atom is -0.444 e. The fourth-order valence-electron chi connectivity index (χ4n) is 7.52. The lowest BCUT2D eigenvalue weighted by Gasteiger charge is -2.30. The molecule has 0 spiro atoms. The van der Waals surface area contributed by atoms with Crippen LogP contribution in [0.1, 0.15) is 82.4 Å². The zero-order valence-corrected chi connectivity index (χ0v) is 32.6. The minimum absolute atomic E-state index is 0.000823. The topological polar surface area (TPSA) is 181 Å². The lowest BCUT2D eigenvalue weighted by Crippen LogP contribution is -2.58. The molecule has 308 valence electrons. The van der Waals surface area contributed by atoms with Gasteiger partial charge in [-0.05, 0) is 75.8 Å². The number of fused-ring (bicyclic) bond motifs is 3. The fraction of sp³-hybridized carbons (Fsp3) is 0.513. The van der Waals surface area contributed by atoms with E-state index in [1.165, 1.54) is 21.9 Å². The number of carbonyl (C=O) groups is 5. The van der Waals surface area contributed by atoms with Crippen molar-refractivity contribution in [1.29, 1.82) is 0 Å². The number of halogens is 3. The first-order valence-electron chi connectivity index (χ1n) is 18.8. The molecule has 3 heterocycles. The first kappa shape index (κ1) is 41.5. The SMILES string of the molecule is CC(C)(C)OC(=O)N[C@H]1CCCCCC=C[C@@H]2C[C@@]2(C(=O)NS(=O)(=O)Cc2cc(F)cc(F)c2)NC(=O)[C@@H]2C[C@@H](OC(=O)N3Cc4cccc(F)c4C3)CN2C1=O. The van der Waals surface area contributed by atoms with E-state index in [2.05, 4.69) is 10.6 Å². The summed E-state index contributed by atoms with van der Waals surface area (Å²) < 4.78 is 81.5. The second kappa shape index (κ2) is 16.4. The molecule has 0 unspecified atom stereocenters. The monoisotopic (exact) mass is 817 g/mol. The predicted molar refractivity (Wildman–Crippen MR) is 198 cm³/mol. The van der Waals surface area contributed by atoms with Gasteiger partial charge in [-0.15, -0.1) is 0 Å². The summed E-state index contributed by atoms with van der Waals surface area (Å²) in [5.41, 5.74) is -1.96. The maximum Gasteiger partial charge on any atom is 0.410 e. The average molecular weight is 818 g/mol. The molecule has 1 saturated carbocycles. The number of rotatable bonds is 6. The molecule has 3 N–H and O–H groups in total. The molecule has 0 bridgehead atoms. The molecular formula is C39H46F3N5O9S. The Balaban J connectivity index is 1.25. The van der Waals surface area contributed by atoms with Crippen LogP contribution in [0.25, 0.3) is 0 Å². The van der Waals surface area contributed by atoms with E-state index in [0.717, 1.165) is 12.1 Å². The van der Waals surface area contributed by atoms with Gasteiger partial charge in [0.1, 0.15) is 46.8 Å². The summed E-state index contributed by atoms with van der Waals surface area (Å²) in [7, 11) is -4.53. The average Bonchev–Trinajstić information content (AvgIpc) is 3.39. The number of hydrogen-bond acceptors (Lipinski definition) is 9. The van der Waals surface area contributed by atoms with Crippen molar-refractivity contribution >= 4 is 39.9 Å². The number of allylic oxidation sites excluding steroid dienone is 1. The van der Waals surface area contributed by atoms with Gasteiger partial charge in [-0.1, -0.05) is 37.1 Å². The van der Waals surface area contributed by atoms with Crippen LogP contribution in [0.5, 0.6) is 0 Å². The number of nitrogens with zero attached hydrogens (tertiary/aromatic N) is 2. The first-order chi connectivity index (χ1) is 26.8. The van der Waals surface area contributed by atoms with E-state index >= 15 is 0 Å². The normalized spacial score (nSPS) is 25.2. The van der Waals surface area contributed by atoms with Crippen molar-refractivity contribution in [3.63, 3.8) is 0 Å². The molecule has 5 atom stereocenters. The van der Waals surface area contributed by atoms with Crippen LogP contribution in [0, 0.1) is 23.4 Å². The van der Waals surface area contributed by atoms with Gasteiger partial charge in [0.2, 0.25) is 21.8 Å². The van der Waals surface area contributed by atoms with Gasteiger partial charge < -0.3 is 25.0 Å². The number of ether oxygens (including phenoxy) is 2. The molecule has 14 nitrogen and oxygen atoms in total. The molecule has 0 radical (unpaired) electrons. The Morgan fingerprint density at radius 2 is 1.75 bits per heavy atom. The van der Waals surface area contributed by atoms with Gasteiger partial charge in [-0.2, -0.15) is 0 Å². The number of benzene rings is 2. The molecule has 18 heteroatoms. The van der Waals surface area contributed by atoms with Crippen molar-refractivity contribution in [2.75, 3.05) is 6.54 Å². The van der Waals surface area contributed by atoms with Crippen molar-refractivity contribution in [1.82, 2.24) is 25.2 Å². The molecule has 4 aliphatic rings. The Hall–Kier alpha value is -5.13. The second-order valence-corrected chi connectivity index (χ2v) is 17.7. The molecule has 1 saturated heterocycles. The highest BCUT2D eigenvalue weighted by Crippen LogP contribution is 2.46. The highest BCUT2D eigenvalue weighted by molar-refractivity contribution is 7.89. The first-order valence-corrected chi connectivity index (χ1v) is 20.5. The number of sulfonamides is 1. The summed E-state index contributed by atoms with van der Waals surface area (Å²) >= 11 is 0. The lowest BCUT2D eigenvalue weighted by molar-refractivity contribution is -0.141. The molecule has 57 heavy (non-hydrogen) atoms. The van der Waals surface area contributed by atoms with Crippen molar-refractivity contribution in [3.8, 4) is 0 Å². The highest BCUT2D eigenvalue weighted by atomic mass is 32.2. The minimum atomic E-state index is -4.53. The summed E-state index contributed by atoms with van der Waals surface area (Å²) in [6, 6.07) is 4.23. The zero-order chi connectivity index (χ0) is 41.3. The number of carbonyl (C=O) groups excluding carboxylic acids is 5. The fourth-order valence-corrected chi connectivity index (χ4v) is 8.67. The summed E-state index contributed by atoms with van der Waals surface area (Å²) in [5, 5.41) is 5.31. The van der Waals surface area contributed by atoms with Crippen molar-refractivity contribution in [3.05, 3.63) is 82.7 Å². The Kier molecular flexibility index (Phi) is 11.9. The number of amides is 5. The van der Waals surface area contributed by atoms with Gasteiger partial charge >= 0.3 is 12.2 Å². The molecule has 3 aliphatic heterocycles. The van der Waals surface area contributed by atoms with Gasteiger partial charge in [0.05, 0.1) is 18.8 Å². The predicted octanol–water partition coefficient (Wildman–Crippen LogP) is 4.46. The van der Waals surface area contributed by atoms with E-state index in [1.54, 1.807) is 32.9 Å². The second-order valence-electron chi connectivity index (χ2n) is 16.0. The number of nitrogens with one attached hydrogen (secondary N) is 3. The maximum absolute atomic E-state index is 14.5. The Morgan fingerprint density at radius 1 is 1.02 bits per heavy atom. The molecule has 2 aromatic rings. The van der Waals surface area contributed by atoms with Crippen LogP contribution in [0.15, 0.2) is 48.6 Å². The van der Waals surface area contributed by atoms with Crippen LogP contribution in [0.4, 0.5) is 22.8 Å². The maximum atomic E-state index is 14.5. The van der Waals surface area contributed by atoms with Crippen LogP contribution < -0.4 is 15.4 Å². The number of alkyl carbamates (subject to hydrolysis) is 1. The standard InChI is InChI=1S/C39H46F3N5O9S/c1-38(2,3)56-36(51)43-31-13-8-6-4-5-7-11-25-18-39(25,35(50)45-57(53,54)22-23-14-26(40)16-27(41)15-23)44-33(48)32-17-28(20-47(32)34(31)49)55-37(52)46-19-24-10-9-12-30(42)29(24)21-46/h7,9-12,14-16,25,28,31-32H,4-6,8,13,17-22H2,1-3H3,(H,43,51)(H,44,48)(H,45,50)/t25-,28-,31+,32+,39-/m1/s1. The van der Waals surface area contributed by atoms with Crippen LogP contribution in [0.3, 0.4) is 0 Å². The van der Waals surface area contributed by atoms with Crippen LogP contribution in [-0.4, -0.2) is 84.0 Å². The van der Waals surface area contributed by atoms with Crippen molar-refractivity contribution in [2.24, 2.45) is 5.92 Å². The molecule has 2 fully saturated rings. The molecular weight excluding hydrogens is 772 g/mol. The highest BCUT2D eigenvalue weighted by Gasteiger charge is 2.61. The van der Waals surface area contributed by atoms with Crippen molar-refractivity contribution < 1.29 is 55.0 Å². The Morgan fingerprint density at radius 3 is 2.46 bits per heavy atom. The molecule has 5 amide bonds. The van der Waals surface area contributed by atoms with Gasteiger partial charge in [0.25, 0.3) is 5.91 Å². The van der Waals surface area contributed by atoms with Crippen LogP contribution in [-0.2, 0) is 52.7 Å². The van der Waals surface area contributed by atoms with Gasteiger partial charge in [0.15, 0.2) is 0 Å². The summed E-state index contributed by atoms with van der Waals surface area (Å²) in [5.74, 6) is -6.66. The smallest absolute Gasteiger partial charge is 0.410 e. The van der Waals surface area contributed by atoms with Gasteiger partial charge in [-0.3, -0.25) is 24.0 Å². The molecule has 1 aliphatic carbocycles. The third-order valence-electron chi connectivity index (χ3n) is 10.3. The van der Waals surface area contributed by atoms with Crippen LogP contribution >= 0.6 is 0 Å². The summed E-state index contributed by atoms with van der Waals surface area (Å²) in [4.78, 5) is 71.3. The Labute approximate surface area is 328 Å². The van der Waals surface area contributed by atoms with Gasteiger partial charge in [0, 0.05) is 30.5 Å². The van der Waals surface area contributed by atoms with E-state index in [0.29, 0.717) is 42.9 Å². The van der Waals surface area contributed by atoms with E-state index in [9.17, 15) is 45.6 Å². The zero-order valence-electron chi connectivity index (χ0n) is 31.8. The summed E-state index contributed by atoms with van der Waals surface area (Å²) in [6.07, 6.45) is 3.20. The third-order valence-corrected chi connectivity index (χ3v) is 11.5. The molecule has 0 aromatic heterocycles.